The second kappa shape index (κ2) is 7.23. The van der Waals surface area contributed by atoms with Crippen LogP contribution < -0.4 is 10.1 Å². The van der Waals surface area contributed by atoms with Crippen molar-refractivity contribution in [2.75, 3.05) is 11.9 Å². The molecule has 0 aliphatic rings. The summed E-state index contributed by atoms with van der Waals surface area (Å²) in [4.78, 5) is 16.5. The fraction of sp³-hybridized carbons (Fsp3) is 0.111. The summed E-state index contributed by atoms with van der Waals surface area (Å²) in [6.45, 7) is 2.55. The highest BCUT2D eigenvalue weighted by atomic mass is 32.1. The molecule has 6 heteroatoms. The minimum atomic E-state index is -0.447. The highest BCUT2D eigenvalue weighted by Crippen LogP contribution is 2.26. The zero-order valence-corrected chi connectivity index (χ0v) is 13.8. The van der Waals surface area contributed by atoms with Gasteiger partial charge in [-0.3, -0.25) is 10.1 Å². The van der Waals surface area contributed by atoms with Gasteiger partial charge in [-0.1, -0.05) is 6.07 Å². The van der Waals surface area contributed by atoms with E-state index in [0.717, 1.165) is 17.0 Å². The lowest BCUT2D eigenvalue weighted by Crippen LogP contribution is -2.11. The number of carbonyl (C=O) groups excluding carboxylic acids is 1. The van der Waals surface area contributed by atoms with Crippen LogP contribution in [0, 0.1) is 5.82 Å². The zero-order chi connectivity index (χ0) is 16.9. The van der Waals surface area contributed by atoms with Crippen molar-refractivity contribution in [3.8, 4) is 17.0 Å². The number of nitrogens with zero attached hydrogens (tertiary/aromatic N) is 1. The fourth-order valence-electron chi connectivity index (χ4n) is 2.15. The molecule has 0 atom stereocenters. The smallest absolute Gasteiger partial charge is 0.257 e. The van der Waals surface area contributed by atoms with Gasteiger partial charge in [0.2, 0.25) is 0 Å². The Balaban J connectivity index is 1.72. The molecule has 1 heterocycles. The van der Waals surface area contributed by atoms with Crippen molar-refractivity contribution < 1.29 is 13.9 Å². The van der Waals surface area contributed by atoms with E-state index in [2.05, 4.69) is 10.3 Å². The Hall–Kier alpha value is -2.73. The molecule has 0 aliphatic carbocycles. The third kappa shape index (κ3) is 3.78. The van der Waals surface area contributed by atoms with Crippen molar-refractivity contribution in [3.63, 3.8) is 0 Å². The molecule has 0 spiro atoms. The Bertz CT molecular complexity index is 846. The summed E-state index contributed by atoms with van der Waals surface area (Å²) in [7, 11) is 0. The van der Waals surface area contributed by atoms with E-state index in [4.69, 9.17) is 4.74 Å². The van der Waals surface area contributed by atoms with Gasteiger partial charge in [0.05, 0.1) is 12.3 Å². The molecular formula is C18H15FN2O2S. The number of hydrogen-bond donors (Lipinski definition) is 1. The summed E-state index contributed by atoms with van der Waals surface area (Å²) in [5.41, 5.74) is 1.95. The molecule has 4 nitrogen and oxygen atoms in total. The first-order valence-corrected chi connectivity index (χ1v) is 8.29. The van der Waals surface area contributed by atoms with Crippen molar-refractivity contribution in [1.82, 2.24) is 4.98 Å². The molecule has 24 heavy (non-hydrogen) atoms. The van der Waals surface area contributed by atoms with Crippen molar-refractivity contribution in [2.45, 2.75) is 6.92 Å². The predicted molar refractivity (Wildman–Crippen MR) is 93.1 cm³/mol. The monoisotopic (exact) mass is 342 g/mol. The Kier molecular flexibility index (Phi) is 4.86. The Morgan fingerprint density at radius 2 is 2.04 bits per heavy atom. The average Bonchev–Trinajstić information content (AvgIpc) is 3.04. The van der Waals surface area contributed by atoms with Crippen LogP contribution in [0.5, 0.6) is 5.75 Å². The van der Waals surface area contributed by atoms with Gasteiger partial charge in [-0.05, 0) is 49.4 Å². The summed E-state index contributed by atoms with van der Waals surface area (Å²) in [6, 6.07) is 13.1. The van der Waals surface area contributed by atoms with Crippen LogP contribution in [0.1, 0.15) is 17.3 Å². The molecule has 1 aromatic heterocycles. The number of aromatic nitrogens is 1. The molecule has 0 fully saturated rings. The second-order valence-electron chi connectivity index (χ2n) is 4.96. The maximum atomic E-state index is 13.2. The topological polar surface area (TPSA) is 51.2 Å². The predicted octanol–water partition coefficient (Wildman–Crippen LogP) is 4.60. The van der Waals surface area contributed by atoms with Crippen LogP contribution >= 0.6 is 11.3 Å². The highest BCUT2D eigenvalue weighted by Gasteiger charge is 2.10. The molecule has 0 saturated heterocycles. The van der Waals surface area contributed by atoms with E-state index in [1.54, 1.807) is 6.07 Å². The van der Waals surface area contributed by atoms with E-state index in [1.165, 1.54) is 29.5 Å². The fourth-order valence-corrected chi connectivity index (χ4v) is 2.87. The van der Waals surface area contributed by atoms with Crippen molar-refractivity contribution in [1.29, 1.82) is 0 Å². The van der Waals surface area contributed by atoms with Gasteiger partial charge in [-0.25, -0.2) is 9.37 Å². The van der Waals surface area contributed by atoms with E-state index in [-0.39, 0.29) is 11.5 Å². The number of anilines is 1. The van der Waals surface area contributed by atoms with Gasteiger partial charge in [-0.15, -0.1) is 11.3 Å². The Labute approximate surface area is 142 Å². The largest absolute Gasteiger partial charge is 0.494 e. The summed E-state index contributed by atoms with van der Waals surface area (Å²) < 4.78 is 18.6. The van der Waals surface area contributed by atoms with Gasteiger partial charge in [0.15, 0.2) is 5.13 Å². The van der Waals surface area contributed by atoms with Crippen LogP contribution in [0.4, 0.5) is 9.52 Å². The lowest BCUT2D eigenvalue weighted by molar-refractivity contribution is 0.102. The average molecular weight is 342 g/mol. The van der Waals surface area contributed by atoms with Crippen molar-refractivity contribution >= 4 is 22.4 Å². The molecule has 0 saturated carbocycles. The van der Waals surface area contributed by atoms with Crippen LogP contribution in [0.25, 0.3) is 11.3 Å². The lowest BCUT2D eigenvalue weighted by Gasteiger charge is -2.03. The summed E-state index contributed by atoms with van der Waals surface area (Å²) >= 11 is 1.32. The van der Waals surface area contributed by atoms with Crippen LogP contribution in [0.3, 0.4) is 0 Å². The molecule has 0 aliphatic heterocycles. The van der Waals surface area contributed by atoms with E-state index in [9.17, 15) is 9.18 Å². The van der Waals surface area contributed by atoms with Crippen molar-refractivity contribution in [3.05, 3.63) is 65.3 Å². The maximum Gasteiger partial charge on any atom is 0.257 e. The molecule has 1 N–H and O–H groups in total. The van der Waals surface area contributed by atoms with Gasteiger partial charge < -0.3 is 4.74 Å². The van der Waals surface area contributed by atoms with Gasteiger partial charge in [0.1, 0.15) is 11.6 Å². The van der Waals surface area contributed by atoms with Gasteiger partial charge >= 0.3 is 0 Å². The van der Waals surface area contributed by atoms with Gasteiger partial charge in [0, 0.05) is 16.5 Å². The molecule has 0 unspecified atom stereocenters. The normalized spacial score (nSPS) is 10.4. The number of rotatable bonds is 5. The molecule has 122 valence electrons. The Morgan fingerprint density at radius 3 is 2.75 bits per heavy atom. The first kappa shape index (κ1) is 16.1. The minimum absolute atomic E-state index is 0.257. The molecule has 3 rings (SSSR count). The molecule has 2 aromatic carbocycles. The number of nitrogens with one attached hydrogen (secondary N) is 1. The third-order valence-electron chi connectivity index (χ3n) is 3.27. The van der Waals surface area contributed by atoms with Crippen LogP contribution in [0.2, 0.25) is 0 Å². The molecule has 0 bridgehead atoms. The standard InChI is InChI=1S/C18H15FN2O2S/c1-2-23-15-8-6-12(7-9-15)16-11-24-18(20-16)21-17(22)13-4-3-5-14(19)10-13/h3-11H,2H2,1H3,(H,20,21,22). The number of halogens is 1. The molecule has 3 aromatic rings. The third-order valence-corrected chi connectivity index (χ3v) is 4.03. The second-order valence-corrected chi connectivity index (χ2v) is 5.82. The SMILES string of the molecule is CCOc1ccc(-c2csc(NC(=O)c3cccc(F)c3)n2)cc1. The molecule has 1 amide bonds. The number of hydrogen-bond acceptors (Lipinski definition) is 4. The molecule has 0 radical (unpaired) electrons. The number of amides is 1. The summed E-state index contributed by atoms with van der Waals surface area (Å²) in [5.74, 6) is -0.0323. The van der Waals surface area contributed by atoms with Gasteiger partial charge in [0.25, 0.3) is 5.91 Å². The number of thiazole rings is 1. The van der Waals surface area contributed by atoms with E-state index in [0.29, 0.717) is 11.7 Å². The van der Waals surface area contributed by atoms with E-state index < -0.39 is 5.82 Å². The first-order valence-electron chi connectivity index (χ1n) is 7.41. The zero-order valence-electron chi connectivity index (χ0n) is 13.0. The van der Waals surface area contributed by atoms with Crippen LogP contribution in [-0.4, -0.2) is 17.5 Å². The molecular weight excluding hydrogens is 327 g/mol. The minimum Gasteiger partial charge on any atom is -0.494 e. The van der Waals surface area contributed by atoms with Gasteiger partial charge in [-0.2, -0.15) is 0 Å². The maximum absolute atomic E-state index is 13.2. The number of carbonyl (C=O) groups is 1. The van der Waals surface area contributed by atoms with Crippen LogP contribution in [-0.2, 0) is 0 Å². The van der Waals surface area contributed by atoms with Crippen LogP contribution in [0.15, 0.2) is 53.9 Å². The van der Waals surface area contributed by atoms with E-state index >= 15 is 0 Å². The summed E-state index contributed by atoms with van der Waals surface area (Å²) in [6.07, 6.45) is 0. The van der Waals surface area contributed by atoms with E-state index in [1.807, 2.05) is 36.6 Å². The number of ether oxygens (including phenoxy) is 1. The summed E-state index contributed by atoms with van der Waals surface area (Å²) in [5, 5.41) is 5.01. The quantitative estimate of drug-likeness (QED) is 0.737. The first-order chi connectivity index (χ1) is 11.7. The number of benzene rings is 2. The lowest BCUT2D eigenvalue weighted by atomic mass is 10.2. The van der Waals surface area contributed by atoms with Crippen molar-refractivity contribution in [2.24, 2.45) is 0 Å². The highest BCUT2D eigenvalue weighted by molar-refractivity contribution is 7.14. The Morgan fingerprint density at radius 1 is 1.25 bits per heavy atom.